The van der Waals surface area contributed by atoms with Gasteiger partial charge in [0, 0.05) is 12.6 Å². The van der Waals surface area contributed by atoms with Crippen LogP contribution in [-0.4, -0.2) is 4.57 Å². The first-order valence-corrected chi connectivity index (χ1v) is 5.52. The van der Waals surface area contributed by atoms with Crippen LogP contribution < -0.4 is 5.56 Å². The van der Waals surface area contributed by atoms with E-state index in [2.05, 4.69) is 6.58 Å². The summed E-state index contributed by atoms with van der Waals surface area (Å²) in [6, 6.07) is 11.5. The first-order valence-electron chi connectivity index (χ1n) is 5.52. The molecule has 0 amide bonds. The maximum atomic E-state index is 11.8. The highest BCUT2D eigenvalue weighted by molar-refractivity contribution is 5.78. The molecule has 0 saturated heterocycles. The largest absolute Gasteiger partial charge is 0.308 e. The molecule has 0 saturated carbocycles. The fourth-order valence-corrected chi connectivity index (χ4v) is 1.87. The number of rotatable bonds is 4. The summed E-state index contributed by atoms with van der Waals surface area (Å²) in [5.41, 5.74) is 1.09. The quantitative estimate of drug-likeness (QED) is 0.565. The van der Waals surface area contributed by atoms with Gasteiger partial charge >= 0.3 is 0 Å². The lowest BCUT2D eigenvalue weighted by Gasteiger charge is -2.08. The van der Waals surface area contributed by atoms with Gasteiger partial charge in [-0.3, -0.25) is 4.79 Å². The number of para-hydroxylation sites is 1. The molecule has 1 aromatic carbocycles. The van der Waals surface area contributed by atoms with Gasteiger partial charge in [0.1, 0.15) is 0 Å². The second-order valence-electron chi connectivity index (χ2n) is 3.81. The minimum absolute atomic E-state index is 0.0720. The number of hydrogen-bond acceptors (Lipinski definition) is 1. The van der Waals surface area contributed by atoms with E-state index in [0.29, 0.717) is 0 Å². The molecular weight excluding hydrogens is 198 g/mol. The number of allylic oxidation sites excluding steroid dienone is 1. The molecule has 2 rings (SSSR count). The predicted molar refractivity (Wildman–Crippen MR) is 67.6 cm³/mol. The Hall–Kier alpha value is -1.83. The van der Waals surface area contributed by atoms with Crippen molar-refractivity contribution in [3.63, 3.8) is 0 Å². The van der Waals surface area contributed by atoms with E-state index in [9.17, 15) is 4.79 Å². The molecule has 0 N–H and O–H groups in total. The number of unbranched alkanes of at least 4 members (excludes halogenated alkanes) is 1. The summed E-state index contributed by atoms with van der Waals surface area (Å²) in [4.78, 5) is 11.8. The van der Waals surface area contributed by atoms with Gasteiger partial charge in [0.25, 0.3) is 5.56 Å². The van der Waals surface area contributed by atoms with Gasteiger partial charge in [-0.25, -0.2) is 0 Å². The molecule has 0 atom stereocenters. The molecule has 2 nitrogen and oxygen atoms in total. The standard InChI is InChI=1S/C14H15NO/c1-2-3-6-11-15-13-8-5-4-7-12(13)9-10-14(15)16/h2,4-5,7-10H,1,3,6,11H2. The Morgan fingerprint density at radius 3 is 2.81 bits per heavy atom. The molecule has 16 heavy (non-hydrogen) atoms. The van der Waals surface area contributed by atoms with E-state index in [-0.39, 0.29) is 5.56 Å². The first kappa shape index (κ1) is 10.7. The lowest BCUT2D eigenvalue weighted by atomic mass is 10.2. The van der Waals surface area contributed by atoms with Gasteiger partial charge in [-0.15, -0.1) is 6.58 Å². The van der Waals surface area contributed by atoms with Crippen LogP contribution in [0.5, 0.6) is 0 Å². The lowest BCUT2D eigenvalue weighted by molar-refractivity contribution is 0.650. The minimum atomic E-state index is 0.0720. The summed E-state index contributed by atoms with van der Waals surface area (Å²) in [5.74, 6) is 0. The number of benzene rings is 1. The predicted octanol–water partition coefficient (Wildman–Crippen LogP) is 2.97. The van der Waals surface area contributed by atoms with E-state index in [4.69, 9.17) is 0 Å². The van der Waals surface area contributed by atoms with Crippen molar-refractivity contribution in [1.29, 1.82) is 0 Å². The Kier molecular flexibility index (Phi) is 3.20. The average Bonchev–Trinajstić information content (AvgIpc) is 2.32. The topological polar surface area (TPSA) is 22.0 Å². The highest BCUT2D eigenvalue weighted by Gasteiger charge is 2.00. The average molecular weight is 213 g/mol. The number of hydrogen-bond donors (Lipinski definition) is 0. The maximum absolute atomic E-state index is 11.8. The molecule has 0 spiro atoms. The molecule has 0 bridgehead atoms. The van der Waals surface area contributed by atoms with E-state index >= 15 is 0 Å². The number of pyridine rings is 1. The highest BCUT2D eigenvalue weighted by atomic mass is 16.1. The van der Waals surface area contributed by atoms with Crippen molar-refractivity contribution in [2.75, 3.05) is 0 Å². The van der Waals surface area contributed by atoms with Crippen LogP contribution in [0.3, 0.4) is 0 Å². The van der Waals surface area contributed by atoms with Gasteiger partial charge in [0.05, 0.1) is 5.52 Å². The van der Waals surface area contributed by atoms with Gasteiger partial charge in [-0.2, -0.15) is 0 Å². The summed E-state index contributed by atoms with van der Waals surface area (Å²) in [5, 5.41) is 1.11. The van der Waals surface area contributed by atoms with E-state index in [1.165, 1.54) is 0 Å². The summed E-state index contributed by atoms with van der Waals surface area (Å²) in [6.07, 6.45) is 3.78. The van der Waals surface area contributed by atoms with Gasteiger partial charge in [-0.1, -0.05) is 24.3 Å². The third-order valence-corrected chi connectivity index (χ3v) is 2.69. The number of nitrogens with zero attached hydrogens (tertiary/aromatic N) is 1. The van der Waals surface area contributed by atoms with Crippen molar-refractivity contribution >= 4 is 10.9 Å². The first-order chi connectivity index (χ1) is 7.83. The van der Waals surface area contributed by atoms with Crippen LogP contribution in [0.2, 0.25) is 0 Å². The smallest absolute Gasteiger partial charge is 0.251 e. The fourth-order valence-electron chi connectivity index (χ4n) is 1.87. The molecule has 2 aromatic rings. The van der Waals surface area contributed by atoms with Crippen molar-refractivity contribution in [2.45, 2.75) is 19.4 Å². The number of fused-ring (bicyclic) bond motifs is 1. The van der Waals surface area contributed by atoms with Gasteiger partial charge in [0.2, 0.25) is 0 Å². The van der Waals surface area contributed by atoms with Crippen molar-refractivity contribution in [3.8, 4) is 0 Å². The van der Waals surface area contributed by atoms with Crippen molar-refractivity contribution in [1.82, 2.24) is 4.57 Å². The van der Waals surface area contributed by atoms with Crippen LogP contribution in [0.25, 0.3) is 10.9 Å². The van der Waals surface area contributed by atoms with Gasteiger partial charge in [0.15, 0.2) is 0 Å². The summed E-state index contributed by atoms with van der Waals surface area (Å²) < 4.78 is 1.83. The van der Waals surface area contributed by atoms with Crippen molar-refractivity contribution in [3.05, 3.63) is 59.4 Å². The fraction of sp³-hybridized carbons (Fsp3) is 0.214. The summed E-state index contributed by atoms with van der Waals surface area (Å²) >= 11 is 0. The Morgan fingerprint density at radius 2 is 2.00 bits per heavy atom. The SMILES string of the molecule is C=CCCCn1c(=O)ccc2ccccc21. The second kappa shape index (κ2) is 4.79. The number of aromatic nitrogens is 1. The van der Waals surface area contributed by atoms with E-state index in [1.807, 2.05) is 41.0 Å². The van der Waals surface area contributed by atoms with Crippen molar-refractivity contribution in [2.24, 2.45) is 0 Å². The second-order valence-corrected chi connectivity index (χ2v) is 3.81. The zero-order valence-electron chi connectivity index (χ0n) is 9.23. The van der Waals surface area contributed by atoms with Crippen LogP contribution in [0.15, 0.2) is 53.8 Å². The van der Waals surface area contributed by atoms with E-state index < -0.39 is 0 Å². The van der Waals surface area contributed by atoms with Crippen molar-refractivity contribution < 1.29 is 0 Å². The summed E-state index contributed by atoms with van der Waals surface area (Å²) in [7, 11) is 0. The molecule has 82 valence electrons. The minimum Gasteiger partial charge on any atom is -0.308 e. The molecule has 1 heterocycles. The van der Waals surface area contributed by atoms with Crippen LogP contribution >= 0.6 is 0 Å². The monoisotopic (exact) mass is 213 g/mol. The molecule has 0 aliphatic heterocycles. The zero-order valence-corrected chi connectivity index (χ0v) is 9.23. The van der Waals surface area contributed by atoms with E-state index in [1.54, 1.807) is 6.07 Å². The maximum Gasteiger partial charge on any atom is 0.251 e. The Labute approximate surface area is 94.8 Å². The van der Waals surface area contributed by atoms with Gasteiger partial charge < -0.3 is 4.57 Å². The molecule has 0 aliphatic rings. The third-order valence-electron chi connectivity index (χ3n) is 2.69. The Morgan fingerprint density at radius 1 is 1.19 bits per heavy atom. The molecule has 0 fully saturated rings. The Bertz CT molecular complexity index is 554. The summed E-state index contributed by atoms with van der Waals surface area (Å²) in [6.45, 7) is 4.45. The van der Waals surface area contributed by atoms with Gasteiger partial charge in [-0.05, 0) is 30.4 Å². The third kappa shape index (κ3) is 2.06. The molecule has 0 aliphatic carbocycles. The highest BCUT2D eigenvalue weighted by Crippen LogP contribution is 2.11. The molecule has 2 heteroatoms. The number of aryl methyl sites for hydroxylation is 1. The Balaban J connectivity index is 2.44. The lowest BCUT2D eigenvalue weighted by Crippen LogP contribution is -2.19. The van der Waals surface area contributed by atoms with Crippen LogP contribution in [-0.2, 0) is 6.54 Å². The zero-order chi connectivity index (χ0) is 11.4. The normalized spacial score (nSPS) is 10.5. The molecule has 1 aromatic heterocycles. The molecule has 0 radical (unpaired) electrons. The molecular formula is C14H15NO. The van der Waals surface area contributed by atoms with Crippen LogP contribution in [0.4, 0.5) is 0 Å². The molecule has 0 unspecified atom stereocenters. The van der Waals surface area contributed by atoms with Crippen LogP contribution in [0, 0.1) is 0 Å². The van der Waals surface area contributed by atoms with Crippen LogP contribution in [0.1, 0.15) is 12.8 Å². The van der Waals surface area contributed by atoms with E-state index in [0.717, 1.165) is 30.3 Å².